The summed E-state index contributed by atoms with van der Waals surface area (Å²) in [4.78, 5) is 1.41. The van der Waals surface area contributed by atoms with Crippen LogP contribution in [-0.4, -0.2) is 15.5 Å². The van der Waals surface area contributed by atoms with Crippen LogP contribution < -0.4 is 5.73 Å². The first-order valence-corrected chi connectivity index (χ1v) is 6.28. The highest BCUT2D eigenvalue weighted by molar-refractivity contribution is 7.99. The molecule has 16 heavy (non-hydrogen) atoms. The van der Waals surface area contributed by atoms with E-state index in [2.05, 4.69) is 23.3 Å². The van der Waals surface area contributed by atoms with Crippen LogP contribution in [0.2, 0.25) is 0 Å². The molecule has 3 rings (SSSR count). The predicted octanol–water partition coefficient (Wildman–Crippen LogP) is 2.32. The van der Waals surface area contributed by atoms with Gasteiger partial charge in [0, 0.05) is 29.3 Å². The molecule has 0 fully saturated rings. The molecule has 2 N–H and O–H groups in total. The van der Waals surface area contributed by atoms with Gasteiger partial charge >= 0.3 is 0 Å². The molecule has 1 aromatic carbocycles. The molecule has 0 atom stereocenters. The lowest BCUT2D eigenvalue weighted by Crippen LogP contribution is -1.96. The van der Waals surface area contributed by atoms with Crippen molar-refractivity contribution in [3.05, 3.63) is 29.8 Å². The summed E-state index contributed by atoms with van der Waals surface area (Å²) >= 11 is 1.93. The largest absolute Gasteiger partial charge is 0.384 e. The fraction of sp³-hybridized carbons (Fsp3) is 0.250. The van der Waals surface area contributed by atoms with Gasteiger partial charge in [0.2, 0.25) is 0 Å². The number of thioether (sulfide) groups is 1. The molecule has 4 heteroatoms. The van der Waals surface area contributed by atoms with Crippen LogP contribution in [0.5, 0.6) is 0 Å². The van der Waals surface area contributed by atoms with Crippen molar-refractivity contribution in [1.82, 2.24) is 9.78 Å². The standard InChI is InChI=1S/C12H13N3S/c1-15-12(13)7-10(14-15)8-2-3-11-9(6-8)4-5-16-11/h2-3,6-7H,4-5,13H2,1H3. The van der Waals surface area contributed by atoms with Gasteiger partial charge < -0.3 is 5.73 Å². The van der Waals surface area contributed by atoms with Crippen LogP contribution in [0, 0.1) is 0 Å². The summed E-state index contributed by atoms with van der Waals surface area (Å²) in [7, 11) is 1.86. The van der Waals surface area contributed by atoms with Crippen molar-refractivity contribution in [3.63, 3.8) is 0 Å². The molecule has 0 saturated carbocycles. The smallest absolute Gasteiger partial charge is 0.121 e. The molecule has 82 valence electrons. The van der Waals surface area contributed by atoms with Gasteiger partial charge in [-0.25, -0.2) is 0 Å². The van der Waals surface area contributed by atoms with Gasteiger partial charge in [-0.3, -0.25) is 4.68 Å². The topological polar surface area (TPSA) is 43.8 Å². The normalized spacial score (nSPS) is 14.1. The van der Waals surface area contributed by atoms with Crippen molar-refractivity contribution in [2.24, 2.45) is 7.05 Å². The van der Waals surface area contributed by atoms with Crippen LogP contribution in [0.25, 0.3) is 11.3 Å². The Morgan fingerprint density at radius 1 is 1.38 bits per heavy atom. The maximum Gasteiger partial charge on any atom is 0.121 e. The van der Waals surface area contributed by atoms with E-state index in [4.69, 9.17) is 5.73 Å². The van der Waals surface area contributed by atoms with Gasteiger partial charge in [0.15, 0.2) is 0 Å². The number of nitrogens with zero attached hydrogens (tertiary/aromatic N) is 2. The van der Waals surface area contributed by atoms with Crippen LogP contribution in [0.4, 0.5) is 5.82 Å². The summed E-state index contributed by atoms with van der Waals surface area (Å²) in [5.74, 6) is 1.90. The summed E-state index contributed by atoms with van der Waals surface area (Å²) in [5.41, 5.74) is 9.34. The fourth-order valence-electron chi connectivity index (χ4n) is 1.97. The molecule has 1 aliphatic heterocycles. The van der Waals surface area contributed by atoms with Gasteiger partial charge in [0.1, 0.15) is 5.82 Å². The summed E-state index contributed by atoms with van der Waals surface area (Å²) in [6.07, 6.45) is 1.16. The average molecular weight is 231 g/mol. The third kappa shape index (κ3) is 1.50. The van der Waals surface area contributed by atoms with E-state index in [9.17, 15) is 0 Å². The molecular formula is C12H13N3S. The molecule has 0 spiro atoms. The third-order valence-corrected chi connectivity index (χ3v) is 4.02. The van der Waals surface area contributed by atoms with Gasteiger partial charge in [0.25, 0.3) is 0 Å². The van der Waals surface area contributed by atoms with E-state index in [1.807, 2.05) is 24.9 Å². The van der Waals surface area contributed by atoms with Crippen LogP contribution in [-0.2, 0) is 13.5 Å². The average Bonchev–Trinajstić information content (AvgIpc) is 2.85. The number of fused-ring (bicyclic) bond motifs is 1. The van der Waals surface area contributed by atoms with E-state index in [1.165, 1.54) is 16.2 Å². The first-order chi connectivity index (χ1) is 7.74. The monoisotopic (exact) mass is 231 g/mol. The first kappa shape index (κ1) is 9.78. The molecule has 3 nitrogen and oxygen atoms in total. The molecule has 1 aliphatic rings. The summed E-state index contributed by atoms with van der Waals surface area (Å²) in [6, 6.07) is 8.47. The van der Waals surface area contributed by atoms with E-state index in [-0.39, 0.29) is 0 Å². The quantitative estimate of drug-likeness (QED) is 0.819. The van der Waals surface area contributed by atoms with Crippen molar-refractivity contribution in [3.8, 4) is 11.3 Å². The second-order valence-corrected chi connectivity index (χ2v) is 5.14. The molecule has 2 aromatic rings. The van der Waals surface area contributed by atoms with E-state index in [1.54, 1.807) is 4.68 Å². The molecule has 0 amide bonds. The minimum atomic E-state index is 0.699. The highest BCUT2D eigenvalue weighted by Crippen LogP contribution is 2.34. The molecule has 0 bridgehead atoms. The van der Waals surface area contributed by atoms with Gasteiger partial charge in [-0.1, -0.05) is 6.07 Å². The molecule has 0 unspecified atom stereocenters. The van der Waals surface area contributed by atoms with Crippen LogP contribution in [0.3, 0.4) is 0 Å². The Morgan fingerprint density at radius 3 is 3.00 bits per heavy atom. The predicted molar refractivity (Wildman–Crippen MR) is 67.5 cm³/mol. The second-order valence-electron chi connectivity index (χ2n) is 4.00. The fourth-order valence-corrected chi connectivity index (χ4v) is 3.02. The summed E-state index contributed by atoms with van der Waals surface area (Å²) in [6.45, 7) is 0. The molecular weight excluding hydrogens is 218 g/mol. The molecule has 0 aliphatic carbocycles. The number of nitrogens with two attached hydrogens (primary N) is 1. The Morgan fingerprint density at radius 2 is 2.25 bits per heavy atom. The summed E-state index contributed by atoms with van der Waals surface area (Å²) < 4.78 is 1.71. The Hall–Kier alpha value is -1.42. The first-order valence-electron chi connectivity index (χ1n) is 5.29. The number of aryl methyl sites for hydroxylation is 2. The van der Waals surface area contributed by atoms with Crippen molar-refractivity contribution in [2.45, 2.75) is 11.3 Å². The Kier molecular flexibility index (Phi) is 2.17. The number of hydrogen-bond acceptors (Lipinski definition) is 3. The Balaban J connectivity index is 2.07. The highest BCUT2D eigenvalue weighted by Gasteiger charge is 2.13. The van der Waals surface area contributed by atoms with E-state index >= 15 is 0 Å². The maximum atomic E-state index is 5.79. The second kappa shape index (κ2) is 3.56. The van der Waals surface area contributed by atoms with Gasteiger partial charge in [-0.15, -0.1) is 11.8 Å². The number of hydrogen-bond donors (Lipinski definition) is 1. The van der Waals surface area contributed by atoms with Crippen molar-refractivity contribution in [1.29, 1.82) is 0 Å². The van der Waals surface area contributed by atoms with E-state index in [0.29, 0.717) is 5.82 Å². The number of nitrogen functional groups attached to an aromatic ring is 1. The van der Waals surface area contributed by atoms with Crippen LogP contribution in [0.15, 0.2) is 29.2 Å². The third-order valence-electron chi connectivity index (χ3n) is 2.90. The van der Waals surface area contributed by atoms with Crippen LogP contribution >= 0.6 is 11.8 Å². The summed E-state index contributed by atoms with van der Waals surface area (Å²) in [5, 5.41) is 4.39. The molecule has 1 aromatic heterocycles. The van der Waals surface area contributed by atoms with E-state index in [0.717, 1.165) is 17.7 Å². The lowest BCUT2D eigenvalue weighted by Gasteiger charge is -2.01. The van der Waals surface area contributed by atoms with Gasteiger partial charge in [-0.2, -0.15) is 5.10 Å². The van der Waals surface area contributed by atoms with Crippen molar-refractivity contribution < 1.29 is 0 Å². The zero-order chi connectivity index (χ0) is 11.1. The number of benzene rings is 1. The molecule has 0 radical (unpaired) electrons. The maximum absolute atomic E-state index is 5.79. The minimum absolute atomic E-state index is 0.699. The Labute approximate surface area is 98.6 Å². The highest BCUT2D eigenvalue weighted by atomic mass is 32.2. The number of anilines is 1. The SMILES string of the molecule is Cn1nc(-c2ccc3c(c2)CCS3)cc1N. The van der Waals surface area contributed by atoms with Gasteiger partial charge in [0.05, 0.1) is 5.69 Å². The van der Waals surface area contributed by atoms with Crippen molar-refractivity contribution in [2.75, 3.05) is 11.5 Å². The minimum Gasteiger partial charge on any atom is -0.384 e. The zero-order valence-corrected chi connectivity index (χ0v) is 9.92. The van der Waals surface area contributed by atoms with Gasteiger partial charge in [-0.05, 0) is 24.1 Å². The van der Waals surface area contributed by atoms with Crippen LogP contribution in [0.1, 0.15) is 5.56 Å². The zero-order valence-electron chi connectivity index (χ0n) is 9.10. The lowest BCUT2D eigenvalue weighted by molar-refractivity contribution is 0.782. The molecule has 2 heterocycles. The lowest BCUT2D eigenvalue weighted by atomic mass is 10.1. The Bertz CT molecular complexity index is 526. The number of rotatable bonds is 1. The molecule has 0 saturated heterocycles. The number of aromatic nitrogens is 2. The van der Waals surface area contributed by atoms with E-state index < -0.39 is 0 Å². The van der Waals surface area contributed by atoms with Crippen molar-refractivity contribution >= 4 is 17.6 Å².